The molecule has 0 amide bonds. The highest BCUT2D eigenvalue weighted by molar-refractivity contribution is 6.01. The summed E-state index contributed by atoms with van der Waals surface area (Å²) < 4.78 is 0. The molecule has 0 radical (unpaired) electrons. The van der Waals surface area contributed by atoms with Crippen molar-refractivity contribution in [1.82, 2.24) is 4.98 Å². The molecular formula is C16H19N3O2. The third-order valence-electron chi connectivity index (χ3n) is 4.04. The number of carboxylic acids is 1. The van der Waals surface area contributed by atoms with Crippen molar-refractivity contribution < 1.29 is 9.90 Å². The molecule has 1 aromatic carbocycles. The summed E-state index contributed by atoms with van der Waals surface area (Å²) in [5.41, 5.74) is 1.04. The maximum Gasteiger partial charge on any atom is 0.326 e. The van der Waals surface area contributed by atoms with Gasteiger partial charge in [0.05, 0.1) is 11.9 Å². The van der Waals surface area contributed by atoms with Gasteiger partial charge in [0.1, 0.15) is 11.9 Å². The lowest BCUT2D eigenvalue weighted by Gasteiger charge is -2.25. The van der Waals surface area contributed by atoms with E-state index in [1.807, 2.05) is 48.3 Å². The lowest BCUT2D eigenvalue weighted by molar-refractivity contribution is -0.138. The number of rotatable bonds is 3. The van der Waals surface area contributed by atoms with E-state index in [2.05, 4.69) is 11.1 Å². The van der Waals surface area contributed by atoms with E-state index >= 15 is 0 Å². The summed E-state index contributed by atoms with van der Waals surface area (Å²) in [7, 11) is 3.97. The zero-order valence-corrected chi connectivity index (χ0v) is 12.3. The van der Waals surface area contributed by atoms with E-state index in [9.17, 15) is 9.90 Å². The molecule has 1 atom stereocenters. The van der Waals surface area contributed by atoms with Gasteiger partial charge in [-0.15, -0.1) is 0 Å². The van der Waals surface area contributed by atoms with Crippen LogP contribution in [-0.4, -0.2) is 42.7 Å². The Balaban J connectivity index is 2.16. The summed E-state index contributed by atoms with van der Waals surface area (Å²) in [5, 5.41) is 11.5. The SMILES string of the molecule is CN(C)c1cnc(N2CCCC2C(=O)O)c2ccccc12. The molecule has 3 rings (SSSR count). The molecular weight excluding hydrogens is 266 g/mol. The Morgan fingerprint density at radius 1 is 1.33 bits per heavy atom. The van der Waals surface area contributed by atoms with Gasteiger partial charge in [-0.1, -0.05) is 24.3 Å². The number of benzene rings is 1. The Kier molecular flexibility index (Phi) is 3.41. The molecule has 5 nitrogen and oxygen atoms in total. The lowest BCUT2D eigenvalue weighted by Crippen LogP contribution is -2.36. The van der Waals surface area contributed by atoms with Crippen molar-refractivity contribution in [2.45, 2.75) is 18.9 Å². The van der Waals surface area contributed by atoms with Crippen molar-refractivity contribution in [2.24, 2.45) is 0 Å². The molecule has 1 unspecified atom stereocenters. The monoisotopic (exact) mass is 285 g/mol. The fraction of sp³-hybridized carbons (Fsp3) is 0.375. The van der Waals surface area contributed by atoms with Gasteiger partial charge in [0.15, 0.2) is 0 Å². The Hall–Kier alpha value is -2.30. The van der Waals surface area contributed by atoms with Crippen molar-refractivity contribution in [1.29, 1.82) is 0 Å². The van der Waals surface area contributed by atoms with Crippen LogP contribution >= 0.6 is 0 Å². The van der Waals surface area contributed by atoms with E-state index < -0.39 is 12.0 Å². The van der Waals surface area contributed by atoms with Crippen molar-refractivity contribution in [3.63, 3.8) is 0 Å². The molecule has 0 bridgehead atoms. The van der Waals surface area contributed by atoms with Gasteiger partial charge in [0, 0.05) is 31.4 Å². The van der Waals surface area contributed by atoms with Gasteiger partial charge in [-0.3, -0.25) is 0 Å². The molecule has 2 aromatic rings. The first-order chi connectivity index (χ1) is 10.1. The van der Waals surface area contributed by atoms with Crippen LogP contribution < -0.4 is 9.80 Å². The molecule has 1 aliphatic rings. The molecule has 0 aliphatic carbocycles. The van der Waals surface area contributed by atoms with E-state index in [0.29, 0.717) is 6.42 Å². The van der Waals surface area contributed by atoms with Crippen molar-refractivity contribution in [3.05, 3.63) is 30.5 Å². The average Bonchev–Trinajstić information content (AvgIpc) is 2.95. The first-order valence-corrected chi connectivity index (χ1v) is 7.14. The highest BCUT2D eigenvalue weighted by Gasteiger charge is 2.32. The zero-order chi connectivity index (χ0) is 15.0. The maximum atomic E-state index is 11.4. The minimum absolute atomic E-state index is 0.467. The van der Waals surface area contributed by atoms with Crippen LogP contribution in [0.25, 0.3) is 10.8 Å². The van der Waals surface area contributed by atoms with Crippen LogP contribution in [0.5, 0.6) is 0 Å². The number of hydrogen-bond acceptors (Lipinski definition) is 4. The maximum absolute atomic E-state index is 11.4. The number of nitrogens with zero attached hydrogens (tertiary/aromatic N) is 3. The zero-order valence-electron chi connectivity index (χ0n) is 12.3. The first kappa shape index (κ1) is 13.7. The van der Waals surface area contributed by atoms with Crippen molar-refractivity contribution in [2.75, 3.05) is 30.4 Å². The minimum atomic E-state index is -0.768. The summed E-state index contributed by atoms with van der Waals surface area (Å²) in [6.07, 6.45) is 3.40. The van der Waals surface area contributed by atoms with Crippen LogP contribution in [-0.2, 0) is 4.79 Å². The summed E-state index contributed by atoms with van der Waals surface area (Å²) in [5.74, 6) is 0.0103. The highest BCUT2D eigenvalue weighted by atomic mass is 16.4. The van der Waals surface area contributed by atoms with Crippen molar-refractivity contribution >= 4 is 28.2 Å². The number of hydrogen-bond donors (Lipinski definition) is 1. The number of aliphatic carboxylic acids is 1. The van der Waals surface area contributed by atoms with Gasteiger partial charge >= 0.3 is 5.97 Å². The second-order valence-corrected chi connectivity index (χ2v) is 5.60. The normalized spacial score (nSPS) is 18.2. The van der Waals surface area contributed by atoms with E-state index in [-0.39, 0.29) is 0 Å². The van der Waals surface area contributed by atoms with Gasteiger partial charge in [0.2, 0.25) is 0 Å². The van der Waals surface area contributed by atoms with E-state index in [1.165, 1.54) is 0 Å². The molecule has 5 heteroatoms. The Labute approximate surface area is 123 Å². The highest BCUT2D eigenvalue weighted by Crippen LogP contribution is 2.34. The van der Waals surface area contributed by atoms with Gasteiger partial charge in [-0.2, -0.15) is 0 Å². The van der Waals surface area contributed by atoms with Crippen LogP contribution in [0.1, 0.15) is 12.8 Å². The fourth-order valence-electron chi connectivity index (χ4n) is 3.03. The summed E-state index contributed by atoms with van der Waals surface area (Å²) >= 11 is 0. The van der Waals surface area contributed by atoms with Crippen LogP contribution in [0, 0.1) is 0 Å². The number of fused-ring (bicyclic) bond motifs is 1. The fourth-order valence-corrected chi connectivity index (χ4v) is 3.03. The average molecular weight is 285 g/mol. The molecule has 1 saturated heterocycles. The molecule has 110 valence electrons. The van der Waals surface area contributed by atoms with Gasteiger partial charge in [-0.05, 0) is 12.8 Å². The first-order valence-electron chi connectivity index (χ1n) is 7.14. The quantitative estimate of drug-likeness (QED) is 0.938. The Morgan fingerprint density at radius 2 is 2.05 bits per heavy atom. The second kappa shape index (κ2) is 5.24. The van der Waals surface area contributed by atoms with Crippen LogP contribution in [0.15, 0.2) is 30.5 Å². The van der Waals surface area contributed by atoms with Gasteiger partial charge < -0.3 is 14.9 Å². The molecule has 1 aromatic heterocycles. The molecule has 1 N–H and O–H groups in total. The second-order valence-electron chi connectivity index (χ2n) is 5.60. The molecule has 1 fully saturated rings. The van der Waals surface area contributed by atoms with Crippen LogP contribution in [0.2, 0.25) is 0 Å². The lowest BCUT2D eigenvalue weighted by atomic mass is 10.1. The largest absolute Gasteiger partial charge is 0.480 e. The molecule has 21 heavy (non-hydrogen) atoms. The van der Waals surface area contributed by atoms with Crippen LogP contribution in [0.3, 0.4) is 0 Å². The number of carbonyl (C=O) groups is 1. The molecule has 1 aliphatic heterocycles. The summed E-state index contributed by atoms with van der Waals surface area (Å²) in [6.45, 7) is 0.745. The topological polar surface area (TPSA) is 56.7 Å². The van der Waals surface area contributed by atoms with Crippen molar-refractivity contribution in [3.8, 4) is 0 Å². The molecule has 2 heterocycles. The smallest absolute Gasteiger partial charge is 0.326 e. The van der Waals surface area contributed by atoms with Gasteiger partial charge in [0.25, 0.3) is 0 Å². The van der Waals surface area contributed by atoms with Gasteiger partial charge in [-0.25, -0.2) is 9.78 Å². The number of aromatic nitrogens is 1. The third kappa shape index (κ3) is 2.28. The standard InChI is InChI=1S/C16H19N3O2/c1-18(2)14-10-17-15(12-7-4-3-6-11(12)14)19-9-5-8-13(19)16(20)21/h3-4,6-7,10,13H,5,8-9H2,1-2H3,(H,20,21). The van der Waals surface area contributed by atoms with E-state index in [1.54, 1.807) is 0 Å². The van der Waals surface area contributed by atoms with E-state index in [4.69, 9.17) is 0 Å². The number of pyridine rings is 1. The molecule has 0 spiro atoms. The summed E-state index contributed by atoms with van der Waals surface area (Å²) in [6, 6.07) is 7.58. The minimum Gasteiger partial charge on any atom is -0.480 e. The predicted molar refractivity (Wildman–Crippen MR) is 84.1 cm³/mol. The Morgan fingerprint density at radius 3 is 2.71 bits per heavy atom. The molecule has 0 saturated carbocycles. The summed E-state index contributed by atoms with van der Waals surface area (Å²) in [4.78, 5) is 19.9. The predicted octanol–water partition coefficient (Wildman–Crippen LogP) is 2.35. The van der Waals surface area contributed by atoms with Crippen LogP contribution in [0.4, 0.5) is 11.5 Å². The number of carboxylic acid groups (broad SMARTS) is 1. The van der Waals surface area contributed by atoms with E-state index in [0.717, 1.165) is 35.2 Å². The Bertz CT molecular complexity index is 684. The number of anilines is 2. The third-order valence-corrected chi connectivity index (χ3v) is 4.04.